The van der Waals surface area contributed by atoms with Crippen LogP contribution in [-0.2, 0) is 36.9 Å². The van der Waals surface area contributed by atoms with Crippen LogP contribution in [0.15, 0.2) is 60.7 Å². The lowest BCUT2D eigenvalue weighted by Crippen LogP contribution is -2.22. The van der Waals surface area contributed by atoms with Crippen LogP contribution in [0.25, 0.3) is 12.2 Å². The predicted molar refractivity (Wildman–Crippen MR) is 118 cm³/mol. The van der Waals surface area contributed by atoms with Gasteiger partial charge in [0.15, 0.2) is 0 Å². The number of carbonyl (C=O) groups is 3. The van der Waals surface area contributed by atoms with Gasteiger partial charge in [-0.1, -0.05) is 48.5 Å². The molecule has 2 rings (SSSR count). The second-order valence-corrected chi connectivity index (χ2v) is 7.78. The summed E-state index contributed by atoms with van der Waals surface area (Å²) in [6, 6.07) is 14.4. The van der Waals surface area contributed by atoms with Crippen molar-refractivity contribution in [2.75, 3.05) is 0 Å². The standard InChI is InChI=1S/C25H26O6/c1-25(2,3)31-24(29)15-13-20-11-7-10-19(21(20)16-22(26)27)12-14-23(28)30-17-18-8-5-4-6-9-18/h4-15H,16-17H2,1-3H3,(H,26,27)/b14-12+,15-13+. The van der Waals surface area contributed by atoms with Gasteiger partial charge in [-0.2, -0.15) is 0 Å². The summed E-state index contributed by atoms with van der Waals surface area (Å²) >= 11 is 0. The minimum atomic E-state index is -1.03. The molecule has 0 saturated carbocycles. The van der Waals surface area contributed by atoms with Gasteiger partial charge in [0.1, 0.15) is 12.2 Å². The van der Waals surface area contributed by atoms with Crippen molar-refractivity contribution in [3.8, 4) is 0 Å². The van der Waals surface area contributed by atoms with Crippen molar-refractivity contribution < 1.29 is 29.0 Å². The number of carboxylic acids is 1. The molecular formula is C25H26O6. The van der Waals surface area contributed by atoms with Gasteiger partial charge >= 0.3 is 17.9 Å². The second-order valence-electron chi connectivity index (χ2n) is 7.78. The minimum Gasteiger partial charge on any atom is -0.481 e. The largest absolute Gasteiger partial charge is 0.481 e. The fourth-order valence-electron chi connectivity index (χ4n) is 2.72. The highest BCUT2D eigenvalue weighted by atomic mass is 16.6. The SMILES string of the molecule is CC(C)(C)OC(=O)/C=C/c1cccc(/C=C/C(=O)OCc2ccccc2)c1CC(=O)O. The first-order chi connectivity index (χ1) is 14.6. The Morgan fingerprint density at radius 1 is 0.871 bits per heavy atom. The monoisotopic (exact) mass is 422 g/mol. The Kier molecular flexibility index (Phi) is 8.32. The Morgan fingerprint density at radius 3 is 2.00 bits per heavy atom. The van der Waals surface area contributed by atoms with Crippen LogP contribution in [0.2, 0.25) is 0 Å². The molecule has 0 aliphatic rings. The normalized spacial score (nSPS) is 11.6. The van der Waals surface area contributed by atoms with Gasteiger partial charge in [-0.05, 0) is 55.2 Å². The fourth-order valence-corrected chi connectivity index (χ4v) is 2.72. The van der Waals surface area contributed by atoms with Gasteiger partial charge in [0, 0.05) is 12.2 Å². The third-order valence-electron chi connectivity index (χ3n) is 4.01. The summed E-state index contributed by atoms with van der Waals surface area (Å²) in [6.07, 6.45) is 5.26. The molecule has 0 atom stereocenters. The van der Waals surface area contributed by atoms with Crippen LogP contribution in [0, 0.1) is 0 Å². The van der Waals surface area contributed by atoms with Crippen LogP contribution in [0.3, 0.4) is 0 Å². The van der Waals surface area contributed by atoms with Crippen LogP contribution in [-0.4, -0.2) is 28.6 Å². The number of ether oxygens (including phenoxy) is 2. The van der Waals surface area contributed by atoms with Crippen molar-refractivity contribution in [2.45, 2.75) is 39.4 Å². The van der Waals surface area contributed by atoms with E-state index >= 15 is 0 Å². The van der Waals surface area contributed by atoms with E-state index in [9.17, 15) is 19.5 Å². The molecule has 6 heteroatoms. The number of hydrogen-bond acceptors (Lipinski definition) is 5. The van der Waals surface area contributed by atoms with E-state index < -0.39 is 23.5 Å². The fraction of sp³-hybridized carbons (Fsp3) is 0.240. The molecule has 0 unspecified atom stereocenters. The molecule has 0 amide bonds. The Balaban J connectivity index is 2.17. The summed E-state index contributed by atoms with van der Waals surface area (Å²) in [5.74, 6) is -2.10. The molecule has 0 aliphatic heterocycles. The Bertz CT molecular complexity index is 981. The lowest BCUT2D eigenvalue weighted by atomic mass is 9.97. The highest BCUT2D eigenvalue weighted by Crippen LogP contribution is 2.20. The molecule has 2 aromatic rings. The van der Waals surface area contributed by atoms with Crippen molar-refractivity contribution in [1.82, 2.24) is 0 Å². The summed E-state index contributed by atoms with van der Waals surface area (Å²) in [5.41, 5.74) is 1.81. The van der Waals surface area contributed by atoms with E-state index in [1.54, 1.807) is 39.0 Å². The maximum Gasteiger partial charge on any atom is 0.331 e. The Hall–Kier alpha value is -3.67. The molecule has 31 heavy (non-hydrogen) atoms. The number of benzene rings is 2. The lowest BCUT2D eigenvalue weighted by Gasteiger charge is -2.18. The van der Waals surface area contributed by atoms with Crippen LogP contribution in [0.4, 0.5) is 0 Å². The molecule has 0 heterocycles. The number of rotatable bonds is 8. The van der Waals surface area contributed by atoms with Crippen molar-refractivity contribution in [1.29, 1.82) is 0 Å². The summed E-state index contributed by atoms with van der Waals surface area (Å²) < 4.78 is 10.4. The van der Waals surface area contributed by atoms with Crippen LogP contribution >= 0.6 is 0 Å². The summed E-state index contributed by atoms with van der Waals surface area (Å²) in [5, 5.41) is 9.30. The first-order valence-electron chi connectivity index (χ1n) is 9.77. The van der Waals surface area contributed by atoms with E-state index in [1.165, 1.54) is 24.3 Å². The highest BCUT2D eigenvalue weighted by molar-refractivity contribution is 5.90. The average molecular weight is 422 g/mol. The Morgan fingerprint density at radius 2 is 1.45 bits per heavy atom. The maximum atomic E-state index is 12.1. The third kappa shape index (κ3) is 8.70. The van der Waals surface area contributed by atoms with Gasteiger partial charge in [0.25, 0.3) is 0 Å². The molecule has 0 spiro atoms. The van der Waals surface area contributed by atoms with E-state index in [4.69, 9.17) is 9.47 Å². The molecule has 0 bridgehead atoms. The molecule has 1 N–H and O–H groups in total. The summed E-state index contributed by atoms with van der Waals surface area (Å²) in [7, 11) is 0. The van der Waals surface area contributed by atoms with Crippen molar-refractivity contribution in [2.24, 2.45) is 0 Å². The van der Waals surface area contributed by atoms with Gasteiger partial charge < -0.3 is 14.6 Å². The number of carbonyl (C=O) groups excluding carboxylic acids is 2. The smallest absolute Gasteiger partial charge is 0.331 e. The molecule has 0 fully saturated rings. The van der Waals surface area contributed by atoms with E-state index in [0.29, 0.717) is 16.7 Å². The van der Waals surface area contributed by atoms with Crippen molar-refractivity contribution in [3.05, 3.63) is 82.9 Å². The van der Waals surface area contributed by atoms with E-state index in [1.807, 2.05) is 30.3 Å². The highest BCUT2D eigenvalue weighted by Gasteiger charge is 2.15. The van der Waals surface area contributed by atoms with Crippen molar-refractivity contribution >= 4 is 30.1 Å². The molecule has 0 aromatic heterocycles. The van der Waals surface area contributed by atoms with E-state index in [-0.39, 0.29) is 13.0 Å². The summed E-state index contributed by atoms with van der Waals surface area (Å²) in [4.78, 5) is 35.4. The van der Waals surface area contributed by atoms with Gasteiger partial charge in [0.05, 0.1) is 6.42 Å². The van der Waals surface area contributed by atoms with Gasteiger partial charge in [-0.15, -0.1) is 0 Å². The van der Waals surface area contributed by atoms with E-state index in [0.717, 1.165) is 5.56 Å². The second kappa shape index (κ2) is 10.9. The number of carboxylic acid groups (broad SMARTS) is 1. The molecule has 162 valence electrons. The first kappa shape index (κ1) is 23.6. The molecule has 2 aromatic carbocycles. The molecule has 6 nitrogen and oxygen atoms in total. The number of aliphatic carboxylic acids is 1. The molecule has 0 radical (unpaired) electrons. The first-order valence-corrected chi connectivity index (χ1v) is 9.77. The quantitative estimate of drug-likeness (QED) is 0.500. The molecule has 0 saturated heterocycles. The maximum absolute atomic E-state index is 12.1. The molecular weight excluding hydrogens is 396 g/mol. The average Bonchev–Trinajstić information content (AvgIpc) is 2.69. The van der Waals surface area contributed by atoms with Crippen molar-refractivity contribution in [3.63, 3.8) is 0 Å². The Labute approximate surface area is 181 Å². The lowest BCUT2D eigenvalue weighted by molar-refractivity contribution is -0.148. The van der Waals surface area contributed by atoms with Crippen LogP contribution < -0.4 is 0 Å². The zero-order valence-corrected chi connectivity index (χ0v) is 17.8. The third-order valence-corrected chi connectivity index (χ3v) is 4.01. The number of hydrogen-bond donors (Lipinski definition) is 1. The summed E-state index contributed by atoms with van der Waals surface area (Å²) in [6.45, 7) is 5.43. The van der Waals surface area contributed by atoms with Gasteiger partial charge in [0.2, 0.25) is 0 Å². The topological polar surface area (TPSA) is 89.9 Å². The minimum absolute atomic E-state index is 0.144. The predicted octanol–water partition coefficient (Wildman–Crippen LogP) is 4.43. The zero-order chi connectivity index (χ0) is 22.9. The van der Waals surface area contributed by atoms with Gasteiger partial charge in [-0.25, -0.2) is 9.59 Å². The van der Waals surface area contributed by atoms with Crippen LogP contribution in [0.1, 0.15) is 43.0 Å². The number of esters is 2. The van der Waals surface area contributed by atoms with Crippen LogP contribution in [0.5, 0.6) is 0 Å². The van der Waals surface area contributed by atoms with Gasteiger partial charge in [-0.3, -0.25) is 4.79 Å². The van der Waals surface area contributed by atoms with E-state index in [2.05, 4.69) is 0 Å². The molecule has 0 aliphatic carbocycles. The zero-order valence-electron chi connectivity index (χ0n) is 17.8.